The second kappa shape index (κ2) is 4.81. The number of fused-ring (bicyclic) bond motifs is 2. The number of ether oxygens (including phenoxy) is 1. The number of hydrogen-bond donors (Lipinski definition) is 1. The summed E-state index contributed by atoms with van der Waals surface area (Å²) < 4.78 is 34.1. The predicted molar refractivity (Wildman–Crippen MR) is 70.2 cm³/mol. The molecule has 2 rings (SSSR count). The first-order chi connectivity index (χ1) is 9.49. The molecular weight excluding hydrogens is 284 g/mol. The number of carbonyl (C=O) groups excluding carboxylic acids is 1. The monoisotopic (exact) mass is 305 g/mol. The number of carboxylic acid groups (broad SMARTS) is 1. The molecule has 2 atom stereocenters. The molecule has 1 saturated carbocycles. The average molecular weight is 305 g/mol. The van der Waals surface area contributed by atoms with Crippen LogP contribution in [0.1, 0.15) is 40.0 Å². The molecular formula is C14H21F2NO4. The van der Waals surface area contributed by atoms with Crippen molar-refractivity contribution in [3.8, 4) is 0 Å². The van der Waals surface area contributed by atoms with E-state index in [1.165, 1.54) is 0 Å². The van der Waals surface area contributed by atoms with Crippen LogP contribution in [0.15, 0.2) is 0 Å². The summed E-state index contributed by atoms with van der Waals surface area (Å²) in [5.74, 6) is -5.95. The Morgan fingerprint density at radius 3 is 2.48 bits per heavy atom. The van der Waals surface area contributed by atoms with Gasteiger partial charge in [0.1, 0.15) is 11.0 Å². The third-order valence-electron chi connectivity index (χ3n) is 4.27. The molecule has 21 heavy (non-hydrogen) atoms. The van der Waals surface area contributed by atoms with E-state index in [-0.39, 0.29) is 19.4 Å². The van der Waals surface area contributed by atoms with Crippen molar-refractivity contribution in [2.24, 2.45) is 11.3 Å². The van der Waals surface area contributed by atoms with Crippen LogP contribution in [0, 0.1) is 11.3 Å². The zero-order valence-electron chi connectivity index (χ0n) is 12.5. The van der Waals surface area contributed by atoms with Gasteiger partial charge in [0.2, 0.25) is 0 Å². The number of carboxylic acids is 1. The standard InChI is InChI=1S/C14H21F2NO4/c1-12(2,3)21-11(20)17-7-9-5-4-6-13(8-17,10(18)19)14(9,15)16/h9H,4-8H2,1-3H3,(H,18,19). The number of nitrogens with zero attached hydrogens (tertiary/aromatic N) is 1. The van der Waals surface area contributed by atoms with Crippen LogP contribution < -0.4 is 0 Å². The summed E-state index contributed by atoms with van der Waals surface area (Å²) in [6.45, 7) is 4.38. The fraction of sp³-hybridized carbons (Fsp3) is 0.857. The van der Waals surface area contributed by atoms with Crippen LogP contribution >= 0.6 is 0 Å². The van der Waals surface area contributed by atoms with E-state index in [0.29, 0.717) is 6.42 Å². The van der Waals surface area contributed by atoms with E-state index in [9.17, 15) is 23.5 Å². The molecule has 1 amide bonds. The van der Waals surface area contributed by atoms with Crippen LogP contribution in [0.3, 0.4) is 0 Å². The van der Waals surface area contributed by atoms with Crippen LogP contribution in [-0.4, -0.2) is 46.7 Å². The average Bonchev–Trinajstić information content (AvgIpc) is 2.24. The molecule has 5 nitrogen and oxygen atoms in total. The Morgan fingerprint density at radius 1 is 1.33 bits per heavy atom. The second-order valence-electron chi connectivity index (χ2n) is 6.96. The highest BCUT2D eigenvalue weighted by Crippen LogP contribution is 2.55. The molecule has 2 bridgehead atoms. The van der Waals surface area contributed by atoms with Gasteiger partial charge in [-0.25, -0.2) is 13.6 Å². The molecule has 0 aromatic carbocycles. The molecule has 2 aliphatic rings. The highest BCUT2D eigenvalue weighted by atomic mass is 19.3. The van der Waals surface area contributed by atoms with Gasteiger partial charge in [0, 0.05) is 19.0 Å². The molecule has 120 valence electrons. The predicted octanol–water partition coefficient (Wildman–Crippen LogP) is 2.74. The van der Waals surface area contributed by atoms with Gasteiger partial charge < -0.3 is 14.7 Å². The lowest BCUT2D eigenvalue weighted by atomic mass is 9.63. The van der Waals surface area contributed by atoms with Gasteiger partial charge in [0.05, 0.1) is 0 Å². The molecule has 1 saturated heterocycles. The van der Waals surface area contributed by atoms with Gasteiger partial charge in [-0.05, 0) is 33.6 Å². The van der Waals surface area contributed by atoms with Crippen LogP contribution in [0.4, 0.5) is 13.6 Å². The molecule has 0 spiro atoms. The minimum atomic E-state index is -3.30. The highest BCUT2D eigenvalue weighted by Gasteiger charge is 2.68. The third kappa shape index (κ3) is 2.58. The van der Waals surface area contributed by atoms with Crippen molar-refractivity contribution in [2.45, 2.75) is 51.6 Å². The van der Waals surface area contributed by atoms with E-state index >= 15 is 0 Å². The fourth-order valence-electron chi connectivity index (χ4n) is 3.22. The summed E-state index contributed by atoms with van der Waals surface area (Å²) in [5.41, 5.74) is -2.94. The topological polar surface area (TPSA) is 66.8 Å². The van der Waals surface area contributed by atoms with E-state index in [0.717, 1.165) is 4.90 Å². The van der Waals surface area contributed by atoms with Gasteiger partial charge in [0.25, 0.3) is 5.92 Å². The number of carbonyl (C=O) groups is 2. The lowest BCUT2D eigenvalue weighted by Crippen LogP contribution is -2.66. The van der Waals surface area contributed by atoms with Gasteiger partial charge in [-0.2, -0.15) is 0 Å². The van der Waals surface area contributed by atoms with Crippen molar-refractivity contribution in [1.29, 1.82) is 0 Å². The van der Waals surface area contributed by atoms with Gasteiger partial charge in [-0.15, -0.1) is 0 Å². The van der Waals surface area contributed by atoms with E-state index in [2.05, 4.69) is 0 Å². The molecule has 7 heteroatoms. The summed E-state index contributed by atoms with van der Waals surface area (Å²) >= 11 is 0. The lowest BCUT2D eigenvalue weighted by molar-refractivity contribution is -0.230. The van der Waals surface area contributed by atoms with Crippen molar-refractivity contribution in [3.63, 3.8) is 0 Å². The zero-order valence-corrected chi connectivity index (χ0v) is 12.5. The minimum Gasteiger partial charge on any atom is -0.481 e. The lowest BCUT2D eigenvalue weighted by Gasteiger charge is -2.52. The number of aliphatic carboxylic acids is 1. The quantitative estimate of drug-likeness (QED) is 0.809. The summed E-state index contributed by atoms with van der Waals surface area (Å²) in [7, 11) is 0. The maximum absolute atomic E-state index is 14.4. The third-order valence-corrected chi connectivity index (χ3v) is 4.27. The molecule has 1 N–H and O–H groups in total. The number of likely N-dealkylation sites (tertiary alicyclic amines) is 1. The normalized spacial score (nSPS) is 31.7. The van der Waals surface area contributed by atoms with Crippen molar-refractivity contribution in [1.82, 2.24) is 4.90 Å². The molecule has 2 fully saturated rings. The number of hydrogen-bond acceptors (Lipinski definition) is 3. The van der Waals surface area contributed by atoms with Crippen molar-refractivity contribution in [2.75, 3.05) is 13.1 Å². The summed E-state index contributed by atoms with van der Waals surface area (Å²) in [6.07, 6.45) is -0.184. The first-order valence-electron chi connectivity index (χ1n) is 7.09. The number of rotatable bonds is 1. The van der Waals surface area contributed by atoms with Crippen molar-refractivity contribution < 1.29 is 28.2 Å². The summed E-state index contributed by atoms with van der Waals surface area (Å²) in [5, 5.41) is 9.35. The Balaban J connectivity index is 2.28. The first kappa shape index (κ1) is 16.0. The van der Waals surface area contributed by atoms with Gasteiger partial charge >= 0.3 is 12.1 Å². The van der Waals surface area contributed by atoms with Crippen molar-refractivity contribution in [3.05, 3.63) is 0 Å². The molecule has 0 aromatic rings. The number of piperidine rings is 1. The van der Waals surface area contributed by atoms with Crippen LogP contribution in [0.25, 0.3) is 0 Å². The molecule has 0 aromatic heterocycles. The van der Waals surface area contributed by atoms with E-state index in [4.69, 9.17) is 4.74 Å². The van der Waals surface area contributed by atoms with Gasteiger partial charge in [-0.3, -0.25) is 4.79 Å². The van der Waals surface area contributed by atoms with Crippen LogP contribution in [-0.2, 0) is 9.53 Å². The Hall–Kier alpha value is -1.40. The Morgan fingerprint density at radius 2 is 1.95 bits per heavy atom. The number of alkyl halides is 2. The van der Waals surface area contributed by atoms with E-state index < -0.39 is 41.5 Å². The Kier molecular flexibility index (Phi) is 3.66. The Labute approximate surface area is 122 Å². The van der Waals surface area contributed by atoms with Crippen molar-refractivity contribution >= 4 is 12.1 Å². The Bertz CT molecular complexity index is 460. The first-order valence-corrected chi connectivity index (χ1v) is 7.09. The maximum Gasteiger partial charge on any atom is 0.410 e. The molecule has 1 aliphatic heterocycles. The fourth-order valence-corrected chi connectivity index (χ4v) is 3.22. The molecule has 1 aliphatic carbocycles. The van der Waals surface area contributed by atoms with Gasteiger partial charge in [0.15, 0.2) is 0 Å². The molecule has 2 unspecified atom stereocenters. The second-order valence-corrected chi connectivity index (χ2v) is 6.96. The zero-order chi connectivity index (χ0) is 16.1. The van der Waals surface area contributed by atoms with E-state index in [1.54, 1.807) is 20.8 Å². The summed E-state index contributed by atoms with van der Waals surface area (Å²) in [4.78, 5) is 24.7. The highest BCUT2D eigenvalue weighted by molar-refractivity contribution is 5.79. The van der Waals surface area contributed by atoms with Crippen LogP contribution in [0.2, 0.25) is 0 Å². The molecule has 1 heterocycles. The van der Waals surface area contributed by atoms with Gasteiger partial charge in [-0.1, -0.05) is 6.42 Å². The summed E-state index contributed by atoms with van der Waals surface area (Å²) in [6, 6.07) is 0. The SMILES string of the molecule is CC(C)(C)OC(=O)N1CC2CCCC(C(=O)O)(C1)C2(F)F. The van der Waals surface area contributed by atoms with Crippen LogP contribution in [0.5, 0.6) is 0 Å². The minimum absolute atomic E-state index is 0.120. The number of amides is 1. The maximum atomic E-state index is 14.4. The molecule has 0 radical (unpaired) electrons. The van der Waals surface area contributed by atoms with E-state index in [1.807, 2.05) is 0 Å². The number of halogens is 2. The largest absolute Gasteiger partial charge is 0.481 e. The smallest absolute Gasteiger partial charge is 0.410 e.